The zero-order valence-electron chi connectivity index (χ0n) is 7.16. The molecule has 72 valence electrons. The summed E-state index contributed by atoms with van der Waals surface area (Å²) in [5.41, 5.74) is 1.60. The van der Waals surface area contributed by atoms with Crippen LogP contribution in [0.3, 0.4) is 0 Å². The van der Waals surface area contributed by atoms with E-state index < -0.39 is 4.92 Å². The SMILES string of the molecule is O=[N+]([O-])c1cccc2[nH]cc(CCl)c12. The topological polar surface area (TPSA) is 58.9 Å². The van der Waals surface area contributed by atoms with Crippen molar-refractivity contribution in [3.8, 4) is 0 Å². The molecule has 14 heavy (non-hydrogen) atoms. The molecule has 0 spiro atoms. The number of fused-ring (bicyclic) bond motifs is 1. The lowest BCUT2D eigenvalue weighted by Crippen LogP contribution is -1.89. The van der Waals surface area contributed by atoms with Gasteiger partial charge in [0.15, 0.2) is 0 Å². The number of hydrogen-bond donors (Lipinski definition) is 1. The quantitative estimate of drug-likeness (QED) is 0.471. The van der Waals surface area contributed by atoms with Gasteiger partial charge in [0.25, 0.3) is 5.69 Å². The van der Waals surface area contributed by atoms with Crippen LogP contribution in [0.25, 0.3) is 10.9 Å². The molecule has 1 aromatic heterocycles. The smallest absolute Gasteiger partial charge is 0.279 e. The number of hydrogen-bond acceptors (Lipinski definition) is 2. The monoisotopic (exact) mass is 210 g/mol. The summed E-state index contributed by atoms with van der Waals surface area (Å²) < 4.78 is 0. The van der Waals surface area contributed by atoms with E-state index in [0.29, 0.717) is 5.39 Å². The number of alkyl halides is 1. The molecule has 1 heterocycles. The molecule has 0 bridgehead atoms. The van der Waals surface area contributed by atoms with Gasteiger partial charge in [-0.3, -0.25) is 10.1 Å². The first-order valence-corrected chi connectivity index (χ1v) is 4.57. The molecule has 2 rings (SSSR count). The molecule has 0 aliphatic heterocycles. The Balaban J connectivity index is 2.81. The number of nitro groups is 1. The van der Waals surface area contributed by atoms with Crippen LogP contribution in [-0.2, 0) is 5.88 Å². The highest BCUT2D eigenvalue weighted by Gasteiger charge is 2.15. The summed E-state index contributed by atoms with van der Waals surface area (Å²) in [7, 11) is 0. The van der Waals surface area contributed by atoms with Crippen molar-refractivity contribution in [2.45, 2.75) is 5.88 Å². The van der Waals surface area contributed by atoms with Gasteiger partial charge in [0.2, 0.25) is 0 Å². The fourth-order valence-corrected chi connectivity index (χ4v) is 1.70. The van der Waals surface area contributed by atoms with Crippen LogP contribution < -0.4 is 0 Å². The maximum absolute atomic E-state index is 10.7. The lowest BCUT2D eigenvalue weighted by molar-refractivity contribution is -0.383. The van der Waals surface area contributed by atoms with Gasteiger partial charge in [0.05, 0.1) is 15.8 Å². The van der Waals surface area contributed by atoms with Crippen LogP contribution in [0.4, 0.5) is 5.69 Å². The molecule has 0 saturated heterocycles. The molecule has 4 nitrogen and oxygen atoms in total. The molecule has 2 aromatic rings. The van der Waals surface area contributed by atoms with Crippen molar-refractivity contribution in [2.24, 2.45) is 0 Å². The number of aromatic amines is 1. The molecule has 1 N–H and O–H groups in total. The number of nitro benzene ring substituents is 1. The second kappa shape index (κ2) is 3.31. The summed E-state index contributed by atoms with van der Waals surface area (Å²) in [4.78, 5) is 13.3. The first-order chi connectivity index (χ1) is 6.74. The third-order valence-corrected chi connectivity index (χ3v) is 2.39. The number of nitrogens with one attached hydrogen (secondary N) is 1. The van der Waals surface area contributed by atoms with E-state index in [4.69, 9.17) is 11.6 Å². The molecule has 0 radical (unpaired) electrons. The van der Waals surface area contributed by atoms with Gasteiger partial charge < -0.3 is 4.98 Å². The normalized spacial score (nSPS) is 10.6. The van der Waals surface area contributed by atoms with E-state index in [-0.39, 0.29) is 11.6 Å². The van der Waals surface area contributed by atoms with E-state index >= 15 is 0 Å². The lowest BCUT2D eigenvalue weighted by Gasteiger charge is -1.95. The van der Waals surface area contributed by atoms with Crippen molar-refractivity contribution >= 4 is 28.2 Å². The van der Waals surface area contributed by atoms with E-state index in [9.17, 15) is 10.1 Å². The Labute approximate surface area is 84.6 Å². The Kier molecular flexibility index (Phi) is 2.13. The minimum Gasteiger partial charge on any atom is -0.361 e. The Morgan fingerprint density at radius 2 is 2.29 bits per heavy atom. The number of non-ortho nitro benzene ring substituents is 1. The van der Waals surface area contributed by atoms with Gasteiger partial charge in [-0.2, -0.15) is 0 Å². The maximum Gasteiger partial charge on any atom is 0.279 e. The first-order valence-electron chi connectivity index (χ1n) is 4.03. The van der Waals surface area contributed by atoms with Gasteiger partial charge in [0.1, 0.15) is 0 Å². The summed E-state index contributed by atoms with van der Waals surface area (Å²) in [6.07, 6.45) is 1.70. The molecular weight excluding hydrogens is 204 g/mol. The van der Waals surface area contributed by atoms with E-state index in [1.165, 1.54) is 6.07 Å². The average Bonchev–Trinajstić information content (AvgIpc) is 2.59. The Hall–Kier alpha value is -1.55. The number of aromatic nitrogens is 1. The average molecular weight is 211 g/mol. The van der Waals surface area contributed by atoms with Crippen LogP contribution in [0, 0.1) is 10.1 Å². The Bertz CT molecular complexity index is 493. The van der Waals surface area contributed by atoms with Gasteiger partial charge in [0, 0.05) is 18.1 Å². The van der Waals surface area contributed by atoms with Gasteiger partial charge in [-0.25, -0.2) is 0 Å². The van der Waals surface area contributed by atoms with Crippen LogP contribution in [-0.4, -0.2) is 9.91 Å². The molecule has 5 heteroatoms. The number of H-pyrrole nitrogens is 1. The predicted molar refractivity (Wildman–Crippen MR) is 54.5 cm³/mol. The van der Waals surface area contributed by atoms with Gasteiger partial charge in [-0.05, 0) is 11.6 Å². The van der Waals surface area contributed by atoms with Gasteiger partial charge in [-0.15, -0.1) is 11.6 Å². The third-order valence-electron chi connectivity index (χ3n) is 2.11. The van der Waals surface area contributed by atoms with Crippen molar-refractivity contribution < 1.29 is 4.92 Å². The second-order valence-corrected chi connectivity index (χ2v) is 3.17. The minimum absolute atomic E-state index is 0.0967. The maximum atomic E-state index is 10.7. The molecule has 0 amide bonds. The highest BCUT2D eigenvalue weighted by Crippen LogP contribution is 2.29. The van der Waals surface area contributed by atoms with Crippen molar-refractivity contribution in [3.63, 3.8) is 0 Å². The number of nitrogens with zero attached hydrogens (tertiary/aromatic N) is 1. The summed E-state index contributed by atoms with van der Waals surface area (Å²) in [5, 5.41) is 11.3. The van der Waals surface area contributed by atoms with Gasteiger partial charge >= 0.3 is 0 Å². The largest absolute Gasteiger partial charge is 0.361 e. The van der Waals surface area contributed by atoms with Crippen LogP contribution in [0.15, 0.2) is 24.4 Å². The third kappa shape index (κ3) is 1.24. The van der Waals surface area contributed by atoms with E-state index in [1.807, 2.05) is 0 Å². The Morgan fingerprint density at radius 1 is 1.50 bits per heavy atom. The number of benzene rings is 1. The molecule has 0 saturated carbocycles. The predicted octanol–water partition coefficient (Wildman–Crippen LogP) is 2.81. The number of rotatable bonds is 2. The van der Waals surface area contributed by atoms with E-state index in [1.54, 1.807) is 18.3 Å². The highest BCUT2D eigenvalue weighted by molar-refractivity contribution is 6.18. The molecule has 0 atom stereocenters. The molecule has 0 aliphatic rings. The number of halogens is 1. The minimum atomic E-state index is -0.397. The van der Waals surface area contributed by atoms with Crippen LogP contribution in [0.2, 0.25) is 0 Å². The summed E-state index contributed by atoms with van der Waals surface area (Å²) >= 11 is 5.68. The first kappa shape index (κ1) is 9.02. The van der Waals surface area contributed by atoms with Crippen molar-refractivity contribution in [1.29, 1.82) is 0 Å². The van der Waals surface area contributed by atoms with Gasteiger partial charge in [-0.1, -0.05) is 6.07 Å². The fourth-order valence-electron chi connectivity index (χ4n) is 1.49. The summed E-state index contributed by atoms with van der Waals surface area (Å²) in [6, 6.07) is 4.92. The van der Waals surface area contributed by atoms with E-state index in [0.717, 1.165) is 11.1 Å². The molecular formula is C9H7ClN2O2. The standard InChI is InChI=1S/C9H7ClN2O2/c10-4-6-5-11-7-2-1-3-8(9(6)7)12(13)14/h1-3,5,11H,4H2. The Morgan fingerprint density at radius 3 is 2.93 bits per heavy atom. The molecule has 0 aliphatic carbocycles. The van der Waals surface area contributed by atoms with Crippen molar-refractivity contribution in [2.75, 3.05) is 0 Å². The zero-order chi connectivity index (χ0) is 10.1. The zero-order valence-corrected chi connectivity index (χ0v) is 7.91. The summed E-state index contributed by atoms with van der Waals surface area (Å²) in [6.45, 7) is 0. The lowest BCUT2D eigenvalue weighted by atomic mass is 10.1. The highest BCUT2D eigenvalue weighted by atomic mass is 35.5. The van der Waals surface area contributed by atoms with E-state index in [2.05, 4.69) is 4.98 Å². The second-order valence-electron chi connectivity index (χ2n) is 2.90. The van der Waals surface area contributed by atoms with Crippen LogP contribution >= 0.6 is 11.6 Å². The molecule has 1 aromatic carbocycles. The van der Waals surface area contributed by atoms with Crippen molar-refractivity contribution in [1.82, 2.24) is 4.98 Å². The van der Waals surface area contributed by atoms with Crippen molar-refractivity contribution in [3.05, 3.63) is 40.1 Å². The fraction of sp³-hybridized carbons (Fsp3) is 0.111. The van der Waals surface area contributed by atoms with Crippen LogP contribution in [0.5, 0.6) is 0 Å². The van der Waals surface area contributed by atoms with Crippen LogP contribution in [0.1, 0.15) is 5.56 Å². The molecule has 0 unspecified atom stereocenters. The summed E-state index contributed by atoms with van der Waals surface area (Å²) in [5.74, 6) is 0.269. The molecule has 0 fully saturated rings.